The summed E-state index contributed by atoms with van der Waals surface area (Å²) in [5.41, 5.74) is -4.24. The summed E-state index contributed by atoms with van der Waals surface area (Å²) in [6.45, 7) is 4.47. The van der Waals surface area contributed by atoms with Crippen LogP contribution in [0.1, 0.15) is 17.3 Å². The van der Waals surface area contributed by atoms with Crippen LogP contribution in [-0.2, 0) is 14.3 Å². The molecule has 1 aliphatic heterocycles. The Kier molecular flexibility index (Phi) is 4.82. The summed E-state index contributed by atoms with van der Waals surface area (Å²) in [6, 6.07) is 2.55. The number of pyridine rings is 1. The zero-order chi connectivity index (χ0) is 18.8. The Morgan fingerprint density at radius 3 is 2.68 bits per heavy atom. The molecule has 1 aromatic heterocycles. The number of halogens is 3. The molecular weight excluding hydrogens is 343 g/mol. The predicted molar refractivity (Wildman–Crippen MR) is 77.9 cm³/mol. The molecule has 0 unspecified atom stereocenters. The van der Waals surface area contributed by atoms with E-state index in [4.69, 9.17) is 0 Å². The fourth-order valence-electron chi connectivity index (χ4n) is 2.49. The second-order valence-electron chi connectivity index (χ2n) is 5.17. The van der Waals surface area contributed by atoms with Crippen molar-refractivity contribution in [2.45, 2.75) is 18.6 Å². The Morgan fingerprint density at radius 1 is 1.48 bits per heavy atom. The van der Waals surface area contributed by atoms with Gasteiger partial charge in [0.25, 0.3) is 11.8 Å². The number of nitrogens with one attached hydrogen (secondary N) is 2. The van der Waals surface area contributed by atoms with Crippen molar-refractivity contribution in [3.05, 3.63) is 42.4 Å². The van der Waals surface area contributed by atoms with Gasteiger partial charge in [-0.2, -0.15) is 13.2 Å². The van der Waals surface area contributed by atoms with Crippen molar-refractivity contribution in [3.63, 3.8) is 0 Å². The quantitative estimate of drug-likeness (QED) is 0.782. The number of esters is 1. The molecule has 0 bridgehead atoms. The van der Waals surface area contributed by atoms with Crippen LogP contribution < -0.4 is 10.6 Å². The van der Waals surface area contributed by atoms with Crippen molar-refractivity contribution in [3.8, 4) is 0 Å². The monoisotopic (exact) mass is 357 g/mol. The summed E-state index contributed by atoms with van der Waals surface area (Å²) in [5, 5.41) is 3.52. The fraction of sp³-hybridized carbons (Fsp3) is 0.333. The van der Waals surface area contributed by atoms with Gasteiger partial charge in [-0.25, -0.2) is 0 Å². The van der Waals surface area contributed by atoms with Gasteiger partial charge in [0.2, 0.25) is 5.54 Å². The summed E-state index contributed by atoms with van der Waals surface area (Å²) in [7, 11) is 0. The zero-order valence-electron chi connectivity index (χ0n) is 13.0. The number of ether oxygens (including phenoxy) is 1. The number of amides is 2. The molecule has 0 radical (unpaired) electrons. The maximum Gasteiger partial charge on any atom is 0.421 e. The zero-order valence-corrected chi connectivity index (χ0v) is 13.0. The first kappa shape index (κ1) is 18.4. The normalized spacial score (nSPS) is 23.1. The van der Waals surface area contributed by atoms with E-state index in [1.54, 1.807) is 5.32 Å². The fourth-order valence-corrected chi connectivity index (χ4v) is 2.49. The first-order chi connectivity index (χ1) is 11.6. The largest absolute Gasteiger partial charge is 0.465 e. The minimum absolute atomic E-state index is 0.207. The van der Waals surface area contributed by atoms with Crippen molar-refractivity contribution >= 4 is 17.8 Å². The molecule has 7 nitrogen and oxygen atoms in total. The Morgan fingerprint density at radius 2 is 2.16 bits per heavy atom. The van der Waals surface area contributed by atoms with Crippen LogP contribution in [0, 0.1) is 5.92 Å². The smallest absolute Gasteiger partial charge is 0.421 e. The first-order valence-corrected chi connectivity index (χ1v) is 7.11. The van der Waals surface area contributed by atoms with Crippen LogP contribution in [0.2, 0.25) is 0 Å². The molecule has 0 spiro atoms. The van der Waals surface area contributed by atoms with E-state index in [0.717, 1.165) is 6.20 Å². The minimum Gasteiger partial charge on any atom is -0.465 e. The molecule has 2 amide bonds. The van der Waals surface area contributed by atoms with E-state index in [9.17, 15) is 27.6 Å². The van der Waals surface area contributed by atoms with E-state index in [0.29, 0.717) is 0 Å². The van der Waals surface area contributed by atoms with Crippen LogP contribution in [0.3, 0.4) is 0 Å². The van der Waals surface area contributed by atoms with Crippen molar-refractivity contribution < 1.29 is 32.3 Å². The Labute approximate surface area is 140 Å². The summed E-state index contributed by atoms with van der Waals surface area (Å²) in [5.74, 6) is -6.31. The molecule has 0 aromatic carbocycles. The van der Waals surface area contributed by atoms with Crippen molar-refractivity contribution in [1.82, 2.24) is 15.6 Å². The topological polar surface area (TPSA) is 97.4 Å². The van der Waals surface area contributed by atoms with Crippen molar-refractivity contribution in [2.75, 3.05) is 6.61 Å². The van der Waals surface area contributed by atoms with Crippen LogP contribution in [-0.4, -0.2) is 41.1 Å². The second-order valence-corrected chi connectivity index (χ2v) is 5.17. The number of alkyl halides is 3. The number of rotatable bonds is 4. The molecule has 134 valence electrons. The van der Waals surface area contributed by atoms with E-state index >= 15 is 0 Å². The van der Waals surface area contributed by atoms with Crippen LogP contribution in [0.15, 0.2) is 36.8 Å². The third-order valence-electron chi connectivity index (χ3n) is 3.62. The third-order valence-corrected chi connectivity index (χ3v) is 3.62. The van der Waals surface area contributed by atoms with Crippen molar-refractivity contribution in [1.29, 1.82) is 0 Å². The highest BCUT2D eigenvalue weighted by atomic mass is 19.4. The maximum absolute atomic E-state index is 13.8. The lowest BCUT2D eigenvalue weighted by Crippen LogP contribution is -2.67. The lowest BCUT2D eigenvalue weighted by molar-refractivity contribution is -0.206. The number of hydrogen-bond donors (Lipinski definition) is 2. The van der Waals surface area contributed by atoms with Crippen LogP contribution in [0.5, 0.6) is 0 Å². The van der Waals surface area contributed by atoms with Gasteiger partial charge >= 0.3 is 12.1 Å². The highest BCUT2D eigenvalue weighted by molar-refractivity contribution is 6.05. The van der Waals surface area contributed by atoms with E-state index in [1.165, 1.54) is 25.3 Å². The average Bonchev–Trinajstić information content (AvgIpc) is 2.79. The molecule has 2 atom stereocenters. The molecule has 0 saturated carbocycles. The molecule has 1 aromatic rings. The van der Waals surface area contributed by atoms with Gasteiger partial charge in [0.15, 0.2) is 0 Å². The van der Waals surface area contributed by atoms with Gasteiger partial charge in [-0.1, -0.05) is 6.58 Å². The molecule has 2 heterocycles. The Hall–Kier alpha value is -2.91. The summed E-state index contributed by atoms with van der Waals surface area (Å²) >= 11 is 0. The molecule has 2 N–H and O–H groups in total. The number of carbonyl (C=O) groups excluding carboxylic acids is 3. The van der Waals surface area contributed by atoms with Gasteiger partial charge in [-0.05, 0) is 19.1 Å². The molecule has 10 heteroatoms. The van der Waals surface area contributed by atoms with Crippen LogP contribution >= 0.6 is 0 Å². The highest BCUT2D eigenvalue weighted by Crippen LogP contribution is 2.43. The molecule has 1 fully saturated rings. The van der Waals surface area contributed by atoms with Gasteiger partial charge in [0.1, 0.15) is 5.92 Å². The Bertz CT molecular complexity index is 720. The lowest BCUT2D eigenvalue weighted by atomic mass is 9.83. The van der Waals surface area contributed by atoms with Gasteiger partial charge in [-0.15, -0.1) is 0 Å². The SMILES string of the molecule is C=C1NC(=O)[C@@](NC(=O)c2cccnc2)(C(F)(F)F)[C@@H]1C(=O)OCC. The number of hydrogen-bond acceptors (Lipinski definition) is 5. The van der Waals surface area contributed by atoms with Crippen molar-refractivity contribution in [2.24, 2.45) is 5.92 Å². The lowest BCUT2D eigenvalue weighted by Gasteiger charge is -2.33. The molecule has 2 rings (SSSR count). The highest BCUT2D eigenvalue weighted by Gasteiger charge is 2.72. The van der Waals surface area contributed by atoms with Gasteiger partial charge < -0.3 is 15.4 Å². The summed E-state index contributed by atoms with van der Waals surface area (Å²) < 4.78 is 46.1. The Balaban J connectivity index is 2.52. The maximum atomic E-state index is 13.8. The van der Waals surface area contributed by atoms with E-state index in [1.807, 2.05) is 5.32 Å². The first-order valence-electron chi connectivity index (χ1n) is 7.11. The van der Waals surface area contributed by atoms with E-state index in [2.05, 4.69) is 16.3 Å². The molecular formula is C15H14F3N3O4. The van der Waals surface area contributed by atoms with Crippen LogP contribution in [0.25, 0.3) is 0 Å². The minimum atomic E-state index is -5.29. The number of aromatic nitrogens is 1. The van der Waals surface area contributed by atoms with E-state index < -0.39 is 41.1 Å². The number of nitrogens with zero attached hydrogens (tertiary/aromatic N) is 1. The molecule has 1 aliphatic rings. The summed E-state index contributed by atoms with van der Waals surface area (Å²) in [6.07, 6.45) is -2.94. The average molecular weight is 357 g/mol. The van der Waals surface area contributed by atoms with Gasteiger partial charge in [0, 0.05) is 18.1 Å². The summed E-state index contributed by atoms with van der Waals surface area (Å²) in [4.78, 5) is 40.0. The third kappa shape index (κ3) is 3.06. The second kappa shape index (κ2) is 6.54. The van der Waals surface area contributed by atoms with Gasteiger partial charge in [0.05, 0.1) is 12.2 Å². The molecule has 0 aliphatic carbocycles. The standard InChI is InChI=1S/C15H14F3N3O4/c1-3-25-12(23)10-8(2)20-13(24)14(10,15(16,17)18)21-11(22)9-5-4-6-19-7-9/h4-7,10H,2-3H2,1H3,(H,20,24)(H,21,22)/t10-,14+/m0/s1. The van der Waals surface area contributed by atoms with Crippen LogP contribution in [0.4, 0.5) is 13.2 Å². The van der Waals surface area contributed by atoms with Gasteiger partial charge in [-0.3, -0.25) is 19.4 Å². The molecule has 25 heavy (non-hydrogen) atoms. The predicted octanol–water partition coefficient (Wildman–Crippen LogP) is 0.935. The number of carbonyl (C=O) groups is 3. The molecule has 1 saturated heterocycles. The van der Waals surface area contributed by atoms with E-state index in [-0.39, 0.29) is 12.2 Å².